The van der Waals surface area contributed by atoms with Gasteiger partial charge in [-0.15, -0.1) is 0 Å². The van der Waals surface area contributed by atoms with Crippen LogP contribution in [0.25, 0.3) is 0 Å². The van der Waals surface area contributed by atoms with Crippen molar-refractivity contribution < 1.29 is 9.47 Å². The van der Waals surface area contributed by atoms with Gasteiger partial charge in [0.2, 0.25) is 0 Å². The van der Waals surface area contributed by atoms with E-state index in [2.05, 4.69) is 45.9 Å². The van der Waals surface area contributed by atoms with Gasteiger partial charge in [0, 0.05) is 12.5 Å². The zero-order valence-corrected chi connectivity index (χ0v) is 14.6. The predicted molar refractivity (Wildman–Crippen MR) is 95.1 cm³/mol. The van der Waals surface area contributed by atoms with Gasteiger partial charge >= 0.3 is 0 Å². The molecule has 0 heterocycles. The molecule has 0 aromatic heterocycles. The molecular formula is C19H22O2S. The fraction of sp³-hybridized carbons (Fsp3) is 0.316. The third kappa shape index (κ3) is 3.86. The van der Waals surface area contributed by atoms with Crippen molar-refractivity contribution in [2.24, 2.45) is 0 Å². The molecule has 0 bridgehead atoms. The summed E-state index contributed by atoms with van der Waals surface area (Å²) >= 11 is 5.05. The molecule has 0 aliphatic carbocycles. The molecule has 0 unspecified atom stereocenters. The fourth-order valence-electron chi connectivity index (χ4n) is 2.35. The molecule has 0 spiro atoms. The first-order chi connectivity index (χ1) is 10.4. The number of aryl methyl sites for hydroxylation is 4. The van der Waals surface area contributed by atoms with E-state index in [0.29, 0.717) is 11.7 Å². The largest absolute Gasteiger partial charge is 0.488 e. The lowest BCUT2D eigenvalue weighted by Crippen LogP contribution is -2.06. The molecule has 2 aromatic carbocycles. The van der Waals surface area contributed by atoms with Crippen LogP contribution in [0.3, 0.4) is 0 Å². The number of ether oxygens (including phenoxy) is 2. The van der Waals surface area contributed by atoms with Crippen LogP contribution in [0.15, 0.2) is 30.3 Å². The van der Waals surface area contributed by atoms with Crippen LogP contribution < -0.4 is 9.47 Å². The van der Waals surface area contributed by atoms with E-state index in [1.165, 1.54) is 11.1 Å². The van der Waals surface area contributed by atoms with Gasteiger partial charge in [-0.3, -0.25) is 0 Å². The molecule has 0 aliphatic heterocycles. The van der Waals surface area contributed by atoms with Gasteiger partial charge in [0.05, 0.1) is 0 Å². The minimum Gasteiger partial charge on any atom is -0.488 e. The Morgan fingerprint density at radius 3 is 2.27 bits per heavy atom. The third-order valence-electron chi connectivity index (χ3n) is 3.78. The Balaban J connectivity index is 2.25. The summed E-state index contributed by atoms with van der Waals surface area (Å²) in [6, 6.07) is 10.2. The van der Waals surface area contributed by atoms with Crippen molar-refractivity contribution in [3.8, 4) is 11.5 Å². The smallest absolute Gasteiger partial charge is 0.164 e. The van der Waals surface area contributed by atoms with Gasteiger partial charge in [-0.1, -0.05) is 18.2 Å². The highest BCUT2D eigenvalue weighted by molar-refractivity contribution is 7.80. The second kappa shape index (κ2) is 6.93. The van der Waals surface area contributed by atoms with Crippen molar-refractivity contribution in [2.45, 2.75) is 41.2 Å². The van der Waals surface area contributed by atoms with Crippen LogP contribution >= 0.6 is 12.2 Å². The first-order valence-corrected chi connectivity index (χ1v) is 7.77. The van der Waals surface area contributed by atoms with Crippen LogP contribution in [0, 0.1) is 27.7 Å². The number of rotatable bonds is 4. The van der Waals surface area contributed by atoms with Crippen molar-refractivity contribution in [2.75, 3.05) is 0 Å². The molecule has 0 saturated carbocycles. The van der Waals surface area contributed by atoms with Crippen LogP contribution in [0.2, 0.25) is 0 Å². The highest BCUT2D eigenvalue weighted by Crippen LogP contribution is 2.27. The topological polar surface area (TPSA) is 18.5 Å². The molecule has 2 aromatic rings. The Bertz CT molecular complexity index is 705. The van der Waals surface area contributed by atoms with Crippen molar-refractivity contribution in [3.63, 3.8) is 0 Å². The van der Waals surface area contributed by atoms with E-state index in [1.54, 1.807) is 6.92 Å². The summed E-state index contributed by atoms with van der Waals surface area (Å²) < 4.78 is 11.7. The maximum Gasteiger partial charge on any atom is 0.164 e. The minimum atomic E-state index is 0.466. The van der Waals surface area contributed by atoms with Crippen molar-refractivity contribution in [1.29, 1.82) is 0 Å². The molecule has 3 heteroatoms. The van der Waals surface area contributed by atoms with Crippen molar-refractivity contribution in [3.05, 3.63) is 58.1 Å². The molecule has 22 heavy (non-hydrogen) atoms. The maximum atomic E-state index is 6.04. The number of benzene rings is 2. The van der Waals surface area contributed by atoms with E-state index >= 15 is 0 Å². The lowest BCUT2D eigenvalue weighted by atomic mass is 10.1. The summed E-state index contributed by atoms with van der Waals surface area (Å²) in [5.41, 5.74) is 5.82. The fourth-order valence-corrected chi connectivity index (χ4v) is 2.44. The third-order valence-corrected chi connectivity index (χ3v) is 3.87. The van der Waals surface area contributed by atoms with Gasteiger partial charge in [-0.25, -0.2) is 0 Å². The van der Waals surface area contributed by atoms with Crippen LogP contribution in [0.5, 0.6) is 11.5 Å². The summed E-state index contributed by atoms with van der Waals surface area (Å²) in [4.78, 5) is 0. The summed E-state index contributed by atoms with van der Waals surface area (Å²) in [5, 5.41) is 0.509. The molecule has 116 valence electrons. The number of hydrogen-bond acceptors (Lipinski definition) is 3. The van der Waals surface area contributed by atoms with E-state index in [1.807, 2.05) is 12.1 Å². The minimum absolute atomic E-state index is 0.466. The lowest BCUT2D eigenvalue weighted by Gasteiger charge is -2.16. The average molecular weight is 314 g/mol. The summed E-state index contributed by atoms with van der Waals surface area (Å²) in [6.07, 6.45) is 0. The van der Waals surface area contributed by atoms with Crippen molar-refractivity contribution >= 4 is 17.3 Å². The Labute approximate surface area is 138 Å². The normalized spacial score (nSPS) is 10.4. The van der Waals surface area contributed by atoms with Crippen LogP contribution in [-0.4, -0.2) is 5.05 Å². The molecule has 0 atom stereocenters. The molecular weight excluding hydrogens is 292 g/mol. The van der Waals surface area contributed by atoms with Gasteiger partial charge in [0.25, 0.3) is 0 Å². The Kier molecular flexibility index (Phi) is 5.19. The number of thiocarbonyl (C=S) groups is 1. The SMILES string of the molecule is CC(=S)Oc1cccc(C)c1COc1cc(C)c(C)cc1C. The van der Waals surface area contributed by atoms with Gasteiger partial charge in [-0.2, -0.15) is 0 Å². The monoisotopic (exact) mass is 314 g/mol. The molecule has 0 fully saturated rings. The van der Waals surface area contributed by atoms with E-state index in [9.17, 15) is 0 Å². The second-order valence-electron chi connectivity index (χ2n) is 5.64. The van der Waals surface area contributed by atoms with Crippen LogP contribution in [-0.2, 0) is 6.61 Å². The quantitative estimate of drug-likeness (QED) is 0.720. The Morgan fingerprint density at radius 1 is 0.909 bits per heavy atom. The molecule has 2 rings (SSSR count). The summed E-state index contributed by atoms with van der Waals surface area (Å²) in [5.74, 6) is 1.69. The van der Waals surface area contributed by atoms with Crippen LogP contribution in [0.1, 0.15) is 34.7 Å². The summed E-state index contributed by atoms with van der Waals surface area (Å²) in [7, 11) is 0. The molecule has 0 radical (unpaired) electrons. The van der Waals surface area contributed by atoms with Crippen molar-refractivity contribution in [1.82, 2.24) is 0 Å². The van der Waals surface area contributed by atoms with Gasteiger partial charge < -0.3 is 9.47 Å². The van der Waals surface area contributed by atoms with E-state index in [0.717, 1.165) is 28.2 Å². The van der Waals surface area contributed by atoms with Gasteiger partial charge in [0.1, 0.15) is 18.1 Å². The average Bonchev–Trinajstić information content (AvgIpc) is 2.43. The molecule has 0 amide bonds. The standard InChI is InChI=1S/C19H22O2S/c1-12-7-6-8-18(21-16(5)22)17(12)11-20-19-10-14(3)13(2)9-15(19)4/h6-10H,11H2,1-5H3. The number of hydrogen-bond donors (Lipinski definition) is 0. The van der Waals surface area contributed by atoms with E-state index < -0.39 is 0 Å². The highest BCUT2D eigenvalue weighted by atomic mass is 32.1. The maximum absolute atomic E-state index is 6.04. The zero-order chi connectivity index (χ0) is 16.3. The molecule has 0 aliphatic rings. The zero-order valence-electron chi connectivity index (χ0n) is 13.8. The highest BCUT2D eigenvalue weighted by Gasteiger charge is 2.10. The Morgan fingerprint density at radius 2 is 1.59 bits per heavy atom. The second-order valence-corrected chi connectivity index (χ2v) is 6.21. The molecule has 2 nitrogen and oxygen atoms in total. The van der Waals surface area contributed by atoms with Crippen LogP contribution in [0.4, 0.5) is 0 Å². The first-order valence-electron chi connectivity index (χ1n) is 7.36. The molecule has 0 N–H and O–H groups in total. The lowest BCUT2D eigenvalue weighted by molar-refractivity contribution is 0.299. The first kappa shape index (κ1) is 16.5. The van der Waals surface area contributed by atoms with Gasteiger partial charge in [-0.05, 0) is 74.3 Å². The van der Waals surface area contributed by atoms with E-state index in [4.69, 9.17) is 21.7 Å². The van der Waals surface area contributed by atoms with E-state index in [-0.39, 0.29) is 0 Å². The summed E-state index contributed by atoms with van der Waals surface area (Å²) in [6.45, 7) is 10.6. The molecule has 0 saturated heterocycles. The van der Waals surface area contributed by atoms with Gasteiger partial charge in [0.15, 0.2) is 5.05 Å². The Hall–Kier alpha value is -1.87. The predicted octanol–water partition coefficient (Wildman–Crippen LogP) is 5.23.